The maximum absolute atomic E-state index is 11.5. The topological polar surface area (TPSA) is 99.0 Å². The normalized spacial score (nSPS) is 34.2. The fourth-order valence-electron chi connectivity index (χ4n) is 1.77. The number of hydrogen-bond acceptors (Lipinski definition) is 5. The molecule has 0 aromatic heterocycles. The summed E-state index contributed by atoms with van der Waals surface area (Å²) in [5, 5.41) is 31.0. The molecular formula is C11H21NO5. The Morgan fingerprint density at radius 1 is 1.18 bits per heavy atom. The molecule has 1 saturated carbocycles. The van der Waals surface area contributed by atoms with E-state index in [0.29, 0.717) is 12.8 Å². The third kappa shape index (κ3) is 4.14. The molecule has 1 rings (SSSR count). The third-order valence-electron chi connectivity index (χ3n) is 2.63. The molecule has 0 spiro atoms. The van der Waals surface area contributed by atoms with Crippen molar-refractivity contribution in [3.8, 4) is 0 Å². The van der Waals surface area contributed by atoms with E-state index in [0.717, 1.165) is 0 Å². The van der Waals surface area contributed by atoms with E-state index in [-0.39, 0.29) is 0 Å². The fraction of sp³-hybridized carbons (Fsp3) is 0.909. The van der Waals surface area contributed by atoms with Crippen molar-refractivity contribution in [3.05, 3.63) is 0 Å². The number of hydrogen-bond donors (Lipinski definition) is 4. The van der Waals surface area contributed by atoms with E-state index in [1.54, 1.807) is 20.8 Å². The molecule has 6 heteroatoms. The summed E-state index contributed by atoms with van der Waals surface area (Å²) in [6, 6.07) is -0.594. The first-order chi connectivity index (χ1) is 7.70. The van der Waals surface area contributed by atoms with Crippen LogP contribution in [0, 0.1) is 0 Å². The van der Waals surface area contributed by atoms with E-state index in [4.69, 9.17) is 4.74 Å². The Bertz CT molecular complexity index is 276. The molecule has 1 aliphatic carbocycles. The number of aliphatic hydroxyl groups is 3. The summed E-state index contributed by atoms with van der Waals surface area (Å²) in [5.74, 6) is 0. The van der Waals surface area contributed by atoms with Crippen molar-refractivity contribution < 1.29 is 24.9 Å². The number of rotatable bonds is 1. The standard InChI is InChI=1S/C11H21NO5/c1-11(2,3)17-10(16)12-6-4-5-7(13)9(15)8(6)14/h6-9,13-15H,4-5H2,1-3H3,(H,12,16)/t6-,7+,8+,9-/m1/s1. The Hall–Kier alpha value is -0.850. The minimum Gasteiger partial charge on any atom is -0.444 e. The predicted molar refractivity (Wildman–Crippen MR) is 60.4 cm³/mol. The van der Waals surface area contributed by atoms with Crippen LogP contribution in [0.3, 0.4) is 0 Å². The van der Waals surface area contributed by atoms with Gasteiger partial charge in [0.25, 0.3) is 0 Å². The van der Waals surface area contributed by atoms with Gasteiger partial charge in [0, 0.05) is 0 Å². The van der Waals surface area contributed by atoms with Crippen molar-refractivity contribution in [3.63, 3.8) is 0 Å². The predicted octanol–water partition coefficient (Wildman–Crippen LogP) is -0.244. The summed E-state index contributed by atoms with van der Waals surface area (Å²) in [5.41, 5.74) is -0.609. The van der Waals surface area contributed by atoms with E-state index >= 15 is 0 Å². The molecule has 4 atom stereocenters. The van der Waals surface area contributed by atoms with Crippen molar-refractivity contribution in [1.29, 1.82) is 0 Å². The van der Waals surface area contributed by atoms with Crippen LogP contribution in [0.1, 0.15) is 33.6 Å². The van der Waals surface area contributed by atoms with Crippen LogP contribution in [0.15, 0.2) is 0 Å². The molecule has 0 aliphatic heterocycles. The van der Waals surface area contributed by atoms with Crippen molar-refractivity contribution >= 4 is 6.09 Å². The van der Waals surface area contributed by atoms with Crippen molar-refractivity contribution in [2.24, 2.45) is 0 Å². The van der Waals surface area contributed by atoms with Gasteiger partial charge in [-0.1, -0.05) is 0 Å². The monoisotopic (exact) mass is 247 g/mol. The van der Waals surface area contributed by atoms with Gasteiger partial charge in [-0.25, -0.2) is 4.79 Å². The van der Waals surface area contributed by atoms with Gasteiger partial charge in [0.2, 0.25) is 0 Å². The molecule has 0 aromatic carbocycles. The number of carbonyl (C=O) groups is 1. The first-order valence-corrected chi connectivity index (χ1v) is 5.74. The number of aliphatic hydroxyl groups excluding tert-OH is 3. The molecule has 4 N–H and O–H groups in total. The van der Waals surface area contributed by atoms with Crippen LogP contribution in [0.25, 0.3) is 0 Å². The lowest BCUT2D eigenvalue weighted by Crippen LogP contribution is -2.56. The number of carbonyl (C=O) groups excluding carboxylic acids is 1. The number of amides is 1. The zero-order chi connectivity index (χ0) is 13.2. The smallest absolute Gasteiger partial charge is 0.407 e. The molecule has 100 valence electrons. The second-order valence-electron chi connectivity index (χ2n) is 5.38. The summed E-state index contributed by atoms with van der Waals surface area (Å²) < 4.78 is 5.05. The SMILES string of the molecule is CC(C)(C)OC(=O)N[C@@H]1CC[C@H](O)[C@@H](O)[C@H]1O. The Balaban J connectivity index is 2.49. The first-order valence-electron chi connectivity index (χ1n) is 5.74. The molecule has 1 amide bonds. The van der Waals surface area contributed by atoms with E-state index in [1.807, 2.05) is 0 Å². The third-order valence-corrected chi connectivity index (χ3v) is 2.63. The lowest BCUT2D eigenvalue weighted by Gasteiger charge is -2.35. The maximum Gasteiger partial charge on any atom is 0.407 e. The van der Waals surface area contributed by atoms with Gasteiger partial charge in [-0.05, 0) is 33.6 Å². The van der Waals surface area contributed by atoms with Crippen molar-refractivity contribution in [2.45, 2.75) is 63.6 Å². The Morgan fingerprint density at radius 2 is 1.76 bits per heavy atom. The van der Waals surface area contributed by atoms with Crippen LogP contribution in [0.2, 0.25) is 0 Å². The zero-order valence-electron chi connectivity index (χ0n) is 10.4. The average Bonchev–Trinajstić information content (AvgIpc) is 2.16. The van der Waals surface area contributed by atoms with E-state index in [9.17, 15) is 20.1 Å². The van der Waals surface area contributed by atoms with Crippen LogP contribution in [-0.2, 0) is 4.74 Å². The molecule has 0 aromatic rings. The molecule has 6 nitrogen and oxygen atoms in total. The molecule has 0 bridgehead atoms. The average molecular weight is 247 g/mol. The highest BCUT2D eigenvalue weighted by Gasteiger charge is 2.37. The lowest BCUT2D eigenvalue weighted by atomic mass is 9.88. The Kier molecular flexibility index (Phi) is 4.35. The second kappa shape index (κ2) is 5.20. The highest BCUT2D eigenvalue weighted by molar-refractivity contribution is 5.68. The van der Waals surface area contributed by atoms with Gasteiger partial charge in [-0.3, -0.25) is 0 Å². The van der Waals surface area contributed by atoms with Gasteiger partial charge < -0.3 is 25.4 Å². The fourth-order valence-corrected chi connectivity index (χ4v) is 1.77. The number of alkyl carbamates (subject to hydrolysis) is 1. The molecule has 17 heavy (non-hydrogen) atoms. The minimum absolute atomic E-state index is 0.332. The summed E-state index contributed by atoms with van der Waals surface area (Å²) in [6.07, 6.45) is -3.25. The Morgan fingerprint density at radius 3 is 2.29 bits per heavy atom. The maximum atomic E-state index is 11.5. The van der Waals surface area contributed by atoms with Gasteiger partial charge >= 0.3 is 6.09 Å². The van der Waals surface area contributed by atoms with Crippen LogP contribution in [0.5, 0.6) is 0 Å². The molecule has 0 saturated heterocycles. The summed E-state index contributed by atoms with van der Waals surface area (Å²) in [4.78, 5) is 11.5. The molecule has 1 fully saturated rings. The number of ether oxygens (including phenoxy) is 1. The minimum atomic E-state index is -1.23. The molecule has 1 aliphatic rings. The largest absolute Gasteiger partial charge is 0.444 e. The molecule has 0 radical (unpaired) electrons. The van der Waals surface area contributed by atoms with Crippen LogP contribution < -0.4 is 5.32 Å². The quantitative estimate of drug-likeness (QED) is 0.512. The Labute approximate surface area is 101 Å². The highest BCUT2D eigenvalue weighted by atomic mass is 16.6. The van der Waals surface area contributed by atoms with Gasteiger partial charge in [-0.2, -0.15) is 0 Å². The van der Waals surface area contributed by atoms with Gasteiger partial charge in [0.1, 0.15) is 17.8 Å². The van der Waals surface area contributed by atoms with Crippen LogP contribution in [-0.4, -0.2) is 51.4 Å². The highest BCUT2D eigenvalue weighted by Crippen LogP contribution is 2.20. The van der Waals surface area contributed by atoms with Crippen molar-refractivity contribution in [1.82, 2.24) is 5.32 Å². The second-order valence-corrected chi connectivity index (χ2v) is 5.38. The number of nitrogens with one attached hydrogen (secondary N) is 1. The van der Waals surface area contributed by atoms with E-state index in [1.165, 1.54) is 0 Å². The van der Waals surface area contributed by atoms with Gasteiger partial charge in [0.05, 0.1) is 12.1 Å². The molecular weight excluding hydrogens is 226 g/mol. The summed E-state index contributed by atoms with van der Waals surface area (Å²) in [6.45, 7) is 5.22. The van der Waals surface area contributed by atoms with Gasteiger partial charge in [-0.15, -0.1) is 0 Å². The van der Waals surface area contributed by atoms with Crippen LogP contribution in [0.4, 0.5) is 4.79 Å². The van der Waals surface area contributed by atoms with Crippen LogP contribution >= 0.6 is 0 Å². The first kappa shape index (κ1) is 14.2. The lowest BCUT2D eigenvalue weighted by molar-refractivity contribution is -0.0980. The summed E-state index contributed by atoms with van der Waals surface area (Å²) >= 11 is 0. The zero-order valence-corrected chi connectivity index (χ0v) is 10.4. The van der Waals surface area contributed by atoms with Crippen molar-refractivity contribution in [2.75, 3.05) is 0 Å². The van der Waals surface area contributed by atoms with E-state index in [2.05, 4.69) is 5.32 Å². The van der Waals surface area contributed by atoms with Gasteiger partial charge in [0.15, 0.2) is 0 Å². The van der Waals surface area contributed by atoms with E-state index < -0.39 is 36.0 Å². The molecule has 0 unspecified atom stereocenters. The molecule has 0 heterocycles. The summed E-state index contributed by atoms with van der Waals surface area (Å²) in [7, 11) is 0.